The fourth-order valence-electron chi connectivity index (χ4n) is 4.63. The SMILES string of the molecule is CC(C)(C)OC(=O)NC1CCC(O)CC1N1CC2CCC1CC2. The monoisotopic (exact) mass is 324 g/mol. The van der Waals surface area contributed by atoms with E-state index in [0.717, 1.165) is 31.7 Å². The fraction of sp³-hybridized carbons (Fsp3) is 0.944. The third-order valence-electron chi connectivity index (χ3n) is 5.67. The Balaban J connectivity index is 1.66. The molecular formula is C18H32N2O3. The number of aliphatic hydroxyl groups is 1. The Bertz CT molecular complexity index is 426. The van der Waals surface area contributed by atoms with Gasteiger partial charge in [-0.15, -0.1) is 0 Å². The lowest BCUT2D eigenvalue weighted by Crippen LogP contribution is -2.62. The van der Waals surface area contributed by atoms with Gasteiger partial charge in [-0.3, -0.25) is 4.90 Å². The van der Waals surface area contributed by atoms with Crippen LogP contribution in [0.25, 0.3) is 0 Å². The van der Waals surface area contributed by atoms with E-state index in [1.54, 1.807) is 0 Å². The molecule has 2 heterocycles. The van der Waals surface area contributed by atoms with Gasteiger partial charge in [0.2, 0.25) is 0 Å². The zero-order valence-electron chi connectivity index (χ0n) is 14.8. The Kier molecular flexibility index (Phi) is 4.88. The summed E-state index contributed by atoms with van der Waals surface area (Å²) < 4.78 is 5.43. The lowest BCUT2D eigenvalue weighted by atomic mass is 9.76. The van der Waals surface area contributed by atoms with Crippen LogP contribution in [0.4, 0.5) is 4.79 Å². The first-order valence-corrected chi connectivity index (χ1v) is 9.25. The summed E-state index contributed by atoms with van der Waals surface area (Å²) >= 11 is 0. The van der Waals surface area contributed by atoms with Gasteiger partial charge < -0.3 is 15.2 Å². The number of alkyl carbamates (subject to hydrolysis) is 1. The third-order valence-corrected chi connectivity index (χ3v) is 5.67. The van der Waals surface area contributed by atoms with Crippen molar-refractivity contribution >= 4 is 6.09 Å². The van der Waals surface area contributed by atoms with Crippen molar-refractivity contribution in [2.75, 3.05) is 6.54 Å². The molecule has 2 saturated carbocycles. The number of fused-ring (bicyclic) bond motifs is 3. The van der Waals surface area contributed by atoms with Gasteiger partial charge in [-0.05, 0) is 71.6 Å². The summed E-state index contributed by atoms with van der Waals surface area (Å²) in [6.45, 7) is 6.80. The fourth-order valence-corrected chi connectivity index (χ4v) is 4.63. The summed E-state index contributed by atoms with van der Waals surface area (Å²) in [5.41, 5.74) is -0.474. The molecule has 0 aromatic rings. The molecule has 0 aromatic carbocycles. The van der Waals surface area contributed by atoms with Crippen LogP contribution in [0.5, 0.6) is 0 Å². The van der Waals surface area contributed by atoms with Crippen molar-refractivity contribution in [2.24, 2.45) is 5.92 Å². The standard InChI is InChI=1S/C18H32N2O3/c1-18(2,3)23-17(22)19-15-9-8-14(21)10-16(15)20-11-12-4-6-13(20)7-5-12/h12-16,21H,4-11H2,1-3H3,(H,19,22). The first-order valence-electron chi connectivity index (χ1n) is 9.25. The number of hydrogen-bond acceptors (Lipinski definition) is 4. The second-order valence-electron chi connectivity index (χ2n) is 8.66. The number of ether oxygens (including phenoxy) is 1. The maximum atomic E-state index is 12.2. The molecule has 2 N–H and O–H groups in total. The van der Waals surface area contributed by atoms with E-state index in [1.165, 1.54) is 25.7 Å². The minimum Gasteiger partial charge on any atom is -0.444 e. The quantitative estimate of drug-likeness (QED) is 0.820. The summed E-state index contributed by atoms with van der Waals surface area (Å²) in [7, 11) is 0. The highest BCUT2D eigenvalue weighted by Gasteiger charge is 2.42. The summed E-state index contributed by atoms with van der Waals surface area (Å²) in [6, 6.07) is 0.977. The second kappa shape index (κ2) is 6.60. The van der Waals surface area contributed by atoms with E-state index in [1.807, 2.05) is 20.8 Å². The molecule has 2 aliphatic carbocycles. The van der Waals surface area contributed by atoms with Crippen LogP contribution in [0.2, 0.25) is 0 Å². The summed E-state index contributed by atoms with van der Waals surface area (Å²) in [5.74, 6) is 0.807. The minimum absolute atomic E-state index is 0.0904. The average Bonchev–Trinajstić information content (AvgIpc) is 2.48. The summed E-state index contributed by atoms with van der Waals surface area (Å²) in [4.78, 5) is 14.8. The Morgan fingerprint density at radius 2 is 1.83 bits per heavy atom. The molecule has 0 spiro atoms. The molecule has 5 heteroatoms. The van der Waals surface area contributed by atoms with Crippen molar-refractivity contribution in [1.82, 2.24) is 10.2 Å². The van der Waals surface area contributed by atoms with Gasteiger partial charge in [0.15, 0.2) is 0 Å². The van der Waals surface area contributed by atoms with Crippen LogP contribution in [0, 0.1) is 5.92 Å². The number of aliphatic hydroxyl groups excluding tert-OH is 1. The number of carbonyl (C=O) groups is 1. The van der Waals surface area contributed by atoms with E-state index in [0.29, 0.717) is 6.04 Å². The van der Waals surface area contributed by atoms with Crippen molar-refractivity contribution in [3.8, 4) is 0 Å². The number of hydrogen-bond donors (Lipinski definition) is 2. The van der Waals surface area contributed by atoms with Crippen LogP contribution in [0.15, 0.2) is 0 Å². The van der Waals surface area contributed by atoms with E-state index in [2.05, 4.69) is 10.2 Å². The molecular weight excluding hydrogens is 292 g/mol. The van der Waals surface area contributed by atoms with Gasteiger partial charge in [0.05, 0.1) is 6.10 Å². The number of piperidine rings is 2. The van der Waals surface area contributed by atoms with Gasteiger partial charge in [-0.25, -0.2) is 4.79 Å². The van der Waals surface area contributed by atoms with Crippen molar-refractivity contribution < 1.29 is 14.6 Å². The Labute approximate surface area is 139 Å². The van der Waals surface area contributed by atoms with Gasteiger partial charge >= 0.3 is 6.09 Å². The van der Waals surface area contributed by atoms with E-state index >= 15 is 0 Å². The largest absolute Gasteiger partial charge is 0.444 e. The van der Waals surface area contributed by atoms with Gasteiger partial charge in [0, 0.05) is 24.7 Å². The zero-order valence-corrected chi connectivity index (χ0v) is 14.8. The second-order valence-corrected chi connectivity index (χ2v) is 8.66. The molecule has 23 heavy (non-hydrogen) atoms. The van der Waals surface area contributed by atoms with E-state index in [9.17, 15) is 9.90 Å². The van der Waals surface area contributed by atoms with Crippen LogP contribution >= 0.6 is 0 Å². The summed E-state index contributed by atoms with van der Waals surface area (Å²) in [6.07, 6.45) is 7.04. The molecule has 3 atom stereocenters. The van der Waals surface area contributed by atoms with E-state index < -0.39 is 5.60 Å². The zero-order chi connectivity index (χ0) is 16.6. The number of carbonyl (C=O) groups excluding carboxylic acids is 1. The molecule has 4 rings (SSSR count). The van der Waals surface area contributed by atoms with Crippen molar-refractivity contribution in [1.29, 1.82) is 0 Å². The molecule has 132 valence electrons. The molecule has 1 amide bonds. The number of nitrogens with one attached hydrogen (secondary N) is 1. The highest BCUT2D eigenvalue weighted by molar-refractivity contribution is 5.68. The summed E-state index contributed by atoms with van der Waals surface area (Å²) in [5, 5.41) is 13.2. The molecule has 2 aliphatic heterocycles. The molecule has 2 saturated heterocycles. The molecule has 5 nitrogen and oxygen atoms in total. The van der Waals surface area contributed by atoms with Crippen molar-refractivity contribution in [3.63, 3.8) is 0 Å². The van der Waals surface area contributed by atoms with Crippen LogP contribution in [-0.2, 0) is 4.74 Å². The van der Waals surface area contributed by atoms with Crippen LogP contribution in [0.1, 0.15) is 65.7 Å². The first kappa shape index (κ1) is 17.0. The maximum absolute atomic E-state index is 12.2. The first-order chi connectivity index (χ1) is 10.8. The van der Waals surface area contributed by atoms with Crippen LogP contribution in [-0.4, -0.2) is 52.5 Å². The lowest BCUT2D eigenvalue weighted by Gasteiger charge is -2.52. The Hall–Kier alpha value is -0.810. The predicted octanol–water partition coefficient (Wildman–Crippen LogP) is 2.67. The van der Waals surface area contributed by atoms with E-state index in [4.69, 9.17) is 4.74 Å². The third kappa shape index (κ3) is 4.18. The molecule has 0 aromatic heterocycles. The average molecular weight is 324 g/mol. The van der Waals surface area contributed by atoms with Crippen molar-refractivity contribution in [3.05, 3.63) is 0 Å². The Morgan fingerprint density at radius 1 is 1.13 bits per heavy atom. The minimum atomic E-state index is -0.474. The van der Waals surface area contributed by atoms with Gasteiger partial charge in [-0.2, -0.15) is 0 Å². The molecule has 2 bridgehead atoms. The maximum Gasteiger partial charge on any atom is 0.407 e. The highest BCUT2D eigenvalue weighted by atomic mass is 16.6. The molecule has 4 aliphatic rings. The molecule has 0 radical (unpaired) electrons. The topological polar surface area (TPSA) is 61.8 Å². The van der Waals surface area contributed by atoms with E-state index in [-0.39, 0.29) is 24.3 Å². The van der Waals surface area contributed by atoms with Gasteiger partial charge in [-0.1, -0.05) is 0 Å². The number of rotatable bonds is 2. The van der Waals surface area contributed by atoms with Crippen LogP contribution in [0.3, 0.4) is 0 Å². The Morgan fingerprint density at radius 3 is 2.39 bits per heavy atom. The smallest absolute Gasteiger partial charge is 0.407 e. The van der Waals surface area contributed by atoms with Crippen LogP contribution < -0.4 is 5.32 Å². The highest BCUT2D eigenvalue weighted by Crippen LogP contribution is 2.39. The number of amides is 1. The molecule has 3 unspecified atom stereocenters. The van der Waals surface area contributed by atoms with Gasteiger partial charge in [0.25, 0.3) is 0 Å². The normalized spacial score (nSPS) is 38.3. The predicted molar refractivity (Wildman–Crippen MR) is 89.3 cm³/mol. The van der Waals surface area contributed by atoms with Crippen molar-refractivity contribution in [2.45, 2.75) is 95.5 Å². The number of nitrogens with zero attached hydrogens (tertiary/aromatic N) is 1. The molecule has 4 fully saturated rings. The van der Waals surface area contributed by atoms with Gasteiger partial charge in [0.1, 0.15) is 5.60 Å². The lowest BCUT2D eigenvalue weighted by molar-refractivity contribution is -0.0363.